The van der Waals surface area contributed by atoms with E-state index in [9.17, 15) is 4.21 Å². The molecule has 3 fully saturated rings. The van der Waals surface area contributed by atoms with Crippen LogP contribution in [0.25, 0.3) is 0 Å². The van der Waals surface area contributed by atoms with Crippen molar-refractivity contribution in [3.05, 3.63) is 34.9 Å². The molecule has 4 unspecified atom stereocenters. The van der Waals surface area contributed by atoms with E-state index in [-0.39, 0.29) is 17.6 Å². The Morgan fingerprint density at radius 2 is 2.12 bits per heavy atom. The number of hydrogen-bond acceptors (Lipinski definition) is 3. The summed E-state index contributed by atoms with van der Waals surface area (Å²) in [7, 11) is -2.78. The van der Waals surface area contributed by atoms with Crippen molar-refractivity contribution in [2.24, 2.45) is 17.3 Å². The van der Waals surface area contributed by atoms with E-state index in [0.29, 0.717) is 17.8 Å². The number of fused-ring (bicyclic) bond motifs is 7. The van der Waals surface area contributed by atoms with Crippen molar-refractivity contribution in [1.82, 2.24) is 0 Å². The third-order valence-corrected chi connectivity index (χ3v) is 8.36. The molecule has 7 atom stereocenters. The Bertz CT molecular complexity index is 799. The Morgan fingerprint density at radius 1 is 1.29 bits per heavy atom. The quantitative estimate of drug-likeness (QED) is 0.671. The van der Waals surface area contributed by atoms with Gasteiger partial charge in [0.05, 0.1) is 0 Å². The summed E-state index contributed by atoms with van der Waals surface area (Å²) in [5.74, 6) is 5.61. The van der Waals surface area contributed by atoms with E-state index in [0.717, 1.165) is 12.8 Å². The zero-order valence-electron chi connectivity index (χ0n) is 14.5. The Morgan fingerprint density at radius 3 is 2.96 bits per heavy atom. The van der Waals surface area contributed by atoms with Gasteiger partial charge in [-0.25, -0.2) is 4.21 Å². The SMILES string of the molecule is C=S1(=O)O[C@H]2CC3C4CCc5cc(C)ccc5C4CC[C@]3(C)[C@H]2O1. The highest BCUT2D eigenvalue weighted by Crippen LogP contribution is 2.63. The number of rotatable bonds is 0. The molecule has 0 amide bonds. The number of hydrogen-bond donors (Lipinski definition) is 0. The standard InChI is InChI=1S/C20H26O3S/c1-12-4-6-14-13(10-12)5-7-16-15(14)8-9-20(2)17(16)11-18-19(20)23-24(3,21)22-18/h4,6,10,15-19H,3,5,7-9,11H2,1-2H3/t15?,16?,17?,18-,19-,20-,24?/m0/s1. The van der Waals surface area contributed by atoms with Crippen molar-refractivity contribution in [2.45, 2.75) is 64.1 Å². The lowest BCUT2D eigenvalue weighted by atomic mass is 9.55. The molecule has 0 aromatic heterocycles. The second-order valence-electron chi connectivity index (χ2n) is 8.61. The molecule has 1 saturated heterocycles. The molecule has 2 saturated carbocycles. The van der Waals surface area contributed by atoms with Crippen LogP contribution in [0.15, 0.2) is 18.2 Å². The van der Waals surface area contributed by atoms with Crippen LogP contribution in [-0.4, -0.2) is 22.3 Å². The molecule has 1 aromatic carbocycles. The first-order valence-electron chi connectivity index (χ1n) is 9.20. The summed E-state index contributed by atoms with van der Waals surface area (Å²) in [6, 6.07) is 7.02. The molecule has 3 aliphatic carbocycles. The van der Waals surface area contributed by atoms with Crippen LogP contribution < -0.4 is 0 Å². The van der Waals surface area contributed by atoms with E-state index in [2.05, 4.69) is 37.9 Å². The molecule has 24 heavy (non-hydrogen) atoms. The highest BCUT2D eigenvalue weighted by molar-refractivity contribution is 7.91. The van der Waals surface area contributed by atoms with E-state index in [1.165, 1.54) is 24.8 Å². The van der Waals surface area contributed by atoms with Crippen LogP contribution >= 0.6 is 0 Å². The maximum atomic E-state index is 12.1. The average Bonchev–Trinajstić information content (AvgIpc) is 2.97. The van der Waals surface area contributed by atoms with Crippen LogP contribution in [0.5, 0.6) is 0 Å². The lowest BCUT2D eigenvalue weighted by Crippen LogP contribution is -2.44. The normalized spacial score (nSPS) is 49.2. The first-order valence-corrected chi connectivity index (χ1v) is 10.8. The third-order valence-electron chi connectivity index (χ3n) is 7.31. The Kier molecular flexibility index (Phi) is 3.13. The van der Waals surface area contributed by atoms with Crippen molar-refractivity contribution in [3.8, 4) is 0 Å². The van der Waals surface area contributed by atoms with Gasteiger partial charge in [0.25, 0.3) is 0 Å². The summed E-state index contributed by atoms with van der Waals surface area (Å²) in [5, 5.41) is 0. The molecule has 5 rings (SSSR count). The van der Waals surface area contributed by atoms with E-state index < -0.39 is 10.1 Å². The maximum absolute atomic E-state index is 12.1. The summed E-state index contributed by atoms with van der Waals surface area (Å²) in [6.07, 6.45) is 5.71. The molecule has 0 N–H and O–H groups in total. The highest BCUT2D eigenvalue weighted by Gasteiger charge is 2.62. The molecule has 0 bridgehead atoms. The Hall–Kier alpha value is -0.840. The van der Waals surface area contributed by atoms with Gasteiger partial charge < -0.3 is 0 Å². The van der Waals surface area contributed by atoms with E-state index >= 15 is 0 Å². The minimum absolute atomic E-state index is 0.0248. The van der Waals surface area contributed by atoms with Crippen molar-refractivity contribution in [1.29, 1.82) is 0 Å². The van der Waals surface area contributed by atoms with Crippen molar-refractivity contribution < 1.29 is 12.6 Å². The van der Waals surface area contributed by atoms with Gasteiger partial charge in [-0.3, -0.25) is 8.37 Å². The predicted molar refractivity (Wildman–Crippen MR) is 96.2 cm³/mol. The molecule has 3 nitrogen and oxygen atoms in total. The van der Waals surface area contributed by atoms with Gasteiger partial charge in [0.1, 0.15) is 12.2 Å². The summed E-state index contributed by atoms with van der Waals surface area (Å²) in [5.41, 5.74) is 4.60. The van der Waals surface area contributed by atoms with Gasteiger partial charge in [0, 0.05) is 11.3 Å². The van der Waals surface area contributed by atoms with Gasteiger partial charge >= 0.3 is 0 Å². The zero-order chi connectivity index (χ0) is 16.7. The predicted octanol–water partition coefficient (Wildman–Crippen LogP) is 3.79. The van der Waals surface area contributed by atoms with Crippen molar-refractivity contribution in [2.75, 3.05) is 0 Å². The number of benzene rings is 1. The van der Waals surface area contributed by atoms with E-state index in [1.807, 2.05) is 0 Å². The van der Waals surface area contributed by atoms with Crippen molar-refractivity contribution >= 4 is 16.0 Å². The largest absolute Gasteiger partial charge is 0.272 e. The molecule has 130 valence electrons. The Balaban J connectivity index is 1.50. The summed E-state index contributed by atoms with van der Waals surface area (Å²) < 4.78 is 23.6. The summed E-state index contributed by atoms with van der Waals surface area (Å²) in [4.78, 5) is 0. The lowest BCUT2D eigenvalue weighted by Gasteiger charge is -2.50. The fourth-order valence-electron chi connectivity index (χ4n) is 6.29. The lowest BCUT2D eigenvalue weighted by molar-refractivity contribution is -0.00440. The molecular formula is C20H26O3S. The Labute approximate surface area is 145 Å². The fraction of sp³-hybridized carbons (Fsp3) is 0.650. The van der Waals surface area contributed by atoms with Gasteiger partial charge in [0.2, 0.25) is 0 Å². The summed E-state index contributed by atoms with van der Waals surface area (Å²) >= 11 is 0. The first-order chi connectivity index (χ1) is 11.4. The smallest absolute Gasteiger partial charge is 0.198 e. The molecule has 1 aromatic rings. The highest BCUT2D eigenvalue weighted by atomic mass is 32.2. The number of aryl methyl sites for hydroxylation is 2. The molecular weight excluding hydrogens is 320 g/mol. The average molecular weight is 346 g/mol. The molecule has 1 heterocycles. The topological polar surface area (TPSA) is 35.5 Å². The first kappa shape index (κ1) is 15.4. The third kappa shape index (κ3) is 2.03. The molecule has 1 aliphatic heterocycles. The van der Waals surface area contributed by atoms with Crippen LogP contribution in [0.3, 0.4) is 0 Å². The van der Waals surface area contributed by atoms with E-state index in [1.54, 1.807) is 11.1 Å². The minimum Gasteiger partial charge on any atom is -0.272 e. The van der Waals surface area contributed by atoms with Gasteiger partial charge in [-0.2, -0.15) is 0 Å². The zero-order valence-corrected chi connectivity index (χ0v) is 15.3. The minimum atomic E-state index is -2.78. The molecule has 4 aliphatic rings. The van der Waals surface area contributed by atoms with Crippen LogP contribution in [0.2, 0.25) is 0 Å². The fourth-order valence-corrected chi connectivity index (χ4v) is 7.55. The van der Waals surface area contributed by atoms with Gasteiger partial charge in [-0.05, 0) is 67.9 Å². The van der Waals surface area contributed by atoms with Crippen molar-refractivity contribution in [3.63, 3.8) is 0 Å². The molecule has 4 heteroatoms. The van der Waals surface area contributed by atoms with Crippen LogP contribution in [0.4, 0.5) is 0 Å². The van der Waals surface area contributed by atoms with Crippen LogP contribution in [0.1, 0.15) is 55.2 Å². The second kappa shape index (κ2) is 4.87. The van der Waals surface area contributed by atoms with Gasteiger partial charge in [0.15, 0.2) is 10.1 Å². The van der Waals surface area contributed by atoms with Gasteiger partial charge in [-0.1, -0.05) is 30.7 Å². The monoisotopic (exact) mass is 346 g/mol. The molecule has 0 radical (unpaired) electrons. The second-order valence-corrected chi connectivity index (χ2v) is 10.1. The summed E-state index contributed by atoms with van der Waals surface area (Å²) in [6.45, 7) is 4.53. The van der Waals surface area contributed by atoms with Crippen LogP contribution in [0, 0.1) is 24.2 Å². The van der Waals surface area contributed by atoms with Crippen LogP contribution in [-0.2, 0) is 24.9 Å². The van der Waals surface area contributed by atoms with E-state index in [4.69, 9.17) is 8.37 Å². The van der Waals surface area contributed by atoms with Gasteiger partial charge in [-0.15, -0.1) is 0 Å². The maximum Gasteiger partial charge on any atom is 0.198 e. The molecule has 0 spiro atoms.